The highest BCUT2D eigenvalue weighted by Crippen LogP contribution is 2.41. The lowest BCUT2D eigenvalue weighted by molar-refractivity contribution is -0.0228. The Hall–Kier alpha value is -2.90. The minimum atomic E-state index is -0.697. The lowest BCUT2D eigenvalue weighted by atomic mass is 9.80. The van der Waals surface area contributed by atoms with E-state index in [9.17, 15) is 0 Å². The zero-order valence-electron chi connectivity index (χ0n) is 15.8. The second-order valence-corrected chi connectivity index (χ2v) is 6.49. The van der Waals surface area contributed by atoms with Gasteiger partial charge in [-0.2, -0.15) is 0 Å². The van der Waals surface area contributed by atoms with Crippen molar-refractivity contribution in [3.63, 3.8) is 0 Å². The van der Waals surface area contributed by atoms with Crippen molar-refractivity contribution in [2.24, 2.45) is 0 Å². The number of hydrogen-bond acceptors (Lipinski definition) is 1. The monoisotopic (exact) mass is 354 g/mol. The van der Waals surface area contributed by atoms with Gasteiger partial charge in [-0.25, -0.2) is 0 Å². The molecular weight excluding hydrogens is 328 g/mol. The minimum Gasteiger partial charge on any atom is -0.353 e. The first kappa shape index (κ1) is 18.9. The number of hydrogen-bond donors (Lipinski definition) is 0. The minimum absolute atomic E-state index is 0.0758. The molecule has 1 heteroatoms. The fourth-order valence-corrected chi connectivity index (χ4v) is 3.49. The summed E-state index contributed by atoms with van der Waals surface area (Å²) in [6.07, 6.45) is 6.73. The van der Waals surface area contributed by atoms with Crippen LogP contribution in [0.15, 0.2) is 116 Å². The Bertz CT molecular complexity index is 754. The summed E-state index contributed by atoms with van der Waals surface area (Å²) in [5, 5.41) is 0. The van der Waals surface area contributed by atoms with Crippen LogP contribution in [0.2, 0.25) is 0 Å². The summed E-state index contributed by atoms with van der Waals surface area (Å²) in [5.41, 5.74) is 2.64. The van der Waals surface area contributed by atoms with E-state index >= 15 is 0 Å². The van der Waals surface area contributed by atoms with E-state index in [2.05, 4.69) is 85.5 Å². The van der Waals surface area contributed by atoms with E-state index in [1.54, 1.807) is 0 Å². The Morgan fingerprint density at radius 2 is 1.19 bits per heavy atom. The quantitative estimate of drug-likeness (QED) is 0.331. The summed E-state index contributed by atoms with van der Waals surface area (Å²) in [6.45, 7) is 5.94. The van der Waals surface area contributed by atoms with E-state index in [-0.39, 0.29) is 6.10 Å². The number of rotatable bonds is 8. The molecule has 3 aromatic carbocycles. The molecule has 0 radical (unpaired) electrons. The smallest absolute Gasteiger partial charge is 0.144 e. The van der Waals surface area contributed by atoms with E-state index in [1.165, 1.54) is 0 Å². The van der Waals surface area contributed by atoms with Crippen LogP contribution in [0, 0.1) is 0 Å². The second-order valence-electron chi connectivity index (χ2n) is 6.49. The Balaban J connectivity index is 2.27. The van der Waals surface area contributed by atoms with Crippen LogP contribution in [0.1, 0.15) is 30.0 Å². The predicted molar refractivity (Wildman–Crippen MR) is 114 cm³/mol. The van der Waals surface area contributed by atoms with Gasteiger partial charge < -0.3 is 4.74 Å². The molecule has 3 rings (SSSR count). The summed E-state index contributed by atoms with van der Waals surface area (Å²) >= 11 is 0. The maximum atomic E-state index is 6.92. The molecule has 0 aliphatic rings. The van der Waals surface area contributed by atoms with E-state index in [4.69, 9.17) is 4.74 Å². The highest BCUT2D eigenvalue weighted by atomic mass is 16.5. The van der Waals surface area contributed by atoms with Gasteiger partial charge >= 0.3 is 0 Å². The standard InChI is InChI=1S/C26H26O/c1-3-14-25(15-4-2)27-26(22-16-8-5-9-17-22,23-18-10-6-11-19-23)24-20-12-7-13-21-24/h3-13,15-21,25H,1,14H2,2H3. The van der Waals surface area contributed by atoms with Gasteiger partial charge in [-0.05, 0) is 30.0 Å². The van der Waals surface area contributed by atoms with Crippen LogP contribution in [-0.4, -0.2) is 6.10 Å². The first-order valence-electron chi connectivity index (χ1n) is 9.39. The first-order chi connectivity index (χ1) is 13.3. The van der Waals surface area contributed by atoms with Crippen LogP contribution in [-0.2, 0) is 10.3 Å². The van der Waals surface area contributed by atoms with Crippen molar-refractivity contribution in [1.29, 1.82) is 0 Å². The Kier molecular flexibility index (Phi) is 6.40. The summed E-state index contributed by atoms with van der Waals surface area (Å²) in [6, 6.07) is 31.4. The number of allylic oxidation sites excluding steroid dienone is 1. The van der Waals surface area contributed by atoms with Gasteiger partial charge in [0.1, 0.15) is 5.60 Å². The molecule has 27 heavy (non-hydrogen) atoms. The fraction of sp³-hybridized carbons (Fsp3) is 0.154. The molecular formula is C26H26O. The van der Waals surface area contributed by atoms with Crippen molar-refractivity contribution in [2.45, 2.75) is 25.0 Å². The van der Waals surface area contributed by atoms with Gasteiger partial charge in [-0.15, -0.1) is 6.58 Å². The van der Waals surface area contributed by atoms with Gasteiger partial charge in [0.25, 0.3) is 0 Å². The predicted octanol–water partition coefficient (Wildman–Crippen LogP) is 6.52. The molecule has 0 heterocycles. The molecule has 0 fully saturated rings. The van der Waals surface area contributed by atoms with Crippen molar-refractivity contribution in [2.75, 3.05) is 0 Å². The van der Waals surface area contributed by atoms with Crippen molar-refractivity contribution < 1.29 is 4.74 Å². The van der Waals surface area contributed by atoms with Crippen molar-refractivity contribution in [3.8, 4) is 0 Å². The summed E-state index contributed by atoms with van der Waals surface area (Å²) < 4.78 is 6.92. The van der Waals surface area contributed by atoms with Crippen molar-refractivity contribution in [3.05, 3.63) is 132 Å². The molecule has 0 saturated carbocycles. The molecule has 0 aliphatic carbocycles. The van der Waals surface area contributed by atoms with E-state index in [0.29, 0.717) is 0 Å². The van der Waals surface area contributed by atoms with Crippen LogP contribution in [0.4, 0.5) is 0 Å². The van der Waals surface area contributed by atoms with Crippen molar-refractivity contribution in [1.82, 2.24) is 0 Å². The van der Waals surface area contributed by atoms with E-state index < -0.39 is 5.60 Å². The van der Waals surface area contributed by atoms with Crippen LogP contribution in [0.3, 0.4) is 0 Å². The lowest BCUT2D eigenvalue weighted by Gasteiger charge is -2.38. The zero-order chi connectivity index (χ0) is 19.0. The molecule has 1 atom stereocenters. The maximum absolute atomic E-state index is 6.92. The van der Waals surface area contributed by atoms with Crippen LogP contribution < -0.4 is 0 Å². The molecule has 136 valence electrons. The molecule has 3 aromatic rings. The Labute approximate surface area is 162 Å². The molecule has 0 N–H and O–H groups in total. The van der Waals surface area contributed by atoms with Gasteiger partial charge in [0, 0.05) is 0 Å². The zero-order valence-corrected chi connectivity index (χ0v) is 15.8. The lowest BCUT2D eigenvalue weighted by Crippen LogP contribution is -2.36. The fourth-order valence-electron chi connectivity index (χ4n) is 3.49. The maximum Gasteiger partial charge on any atom is 0.144 e. The third kappa shape index (κ3) is 4.10. The van der Waals surface area contributed by atoms with E-state index in [0.717, 1.165) is 23.1 Å². The molecule has 0 aliphatic heterocycles. The number of ether oxygens (including phenoxy) is 1. The van der Waals surface area contributed by atoms with Gasteiger partial charge in [-0.3, -0.25) is 0 Å². The normalized spacial score (nSPS) is 12.8. The third-order valence-corrected chi connectivity index (χ3v) is 4.68. The van der Waals surface area contributed by atoms with Gasteiger partial charge in [-0.1, -0.05) is 109 Å². The molecule has 0 aromatic heterocycles. The van der Waals surface area contributed by atoms with E-state index in [1.807, 2.05) is 37.3 Å². The summed E-state index contributed by atoms with van der Waals surface area (Å²) in [4.78, 5) is 0. The largest absolute Gasteiger partial charge is 0.353 e. The molecule has 1 nitrogen and oxygen atoms in total. The SMILES string of the molecule is C=CCC(C=CC)OC(c1ccccc1)(c1ccccc1)c1ccccc1. The summed E-state index contributed by atoms with van der Waals surface area (Å²) in [5.74, 6) is 0. The van der Waals surface area contributed by atoms with Gasteiger partial charge in [0.2, 0.25) is 0 Å². The molecule has 0 saturated heterocycles. The van der Waals surface area contributed by atoms with Gasteiger partial charge in [0.05, 0.1) is 6.10 Å². The van der Waals surface area contributed by atoms with Crippen LogP contribution in [0.5, 0.6) is 0 Å². The molecule has 0 bridgehead atoms. The molecule has 0 spiro atoms. The van der Waals surface area contributed by atoms with Crippen molar-refractivity contribution >= 4 is 0 Å². The summed E-state index contributed by atoms with van der Waals surface area (Å²) in [7, 11) is 0. The van der Waals surface area contributed by atoms with Gasteiger partial charge in [0.15, 0.2) is 0 Å². The topological polar surface area (TPSA) is 9.23 Å². The molecule has 1 unspecified atom stereocenters. The second kappa shape index (κ2) is 9.16. The third-order valence-electron chi connectivity index (χ3n) is 4.68. The Morgan fingerprint density at radius 1 is 0.778 bits per heavy atom. The average molecular weight is 354 g/mol. The molecule has 0 amide bonds. The van der Waals surface area contributed by atoms with Crippen LogP contribution in [0.25, 0.3) is 0 Å². The average Bonchev–Trinajstić information content (AvgIpc) is 2.74. The van der Waals surface area contributed by atoms with Crippen LogP contribution >= 0.6 is 0 Å². The highest BCUT2D eigenvalue weighted by Gasteiger charge is 2.39. The number of benzene rings is 3. The highest BCUT2D eigenvalue weighted by molar-refractivity contribution is 5.47. The first-order valence-corrected chi connectivity index (χ1v) is 9.39. The Morgan fingerprint density at radius 3 is 1.52 bits per heavy atom.